The molecule has 7 aromatic carbocycles. The van der Waals surface area contributed by atoms with E-state index < -0.39 is 0 Å². The highest BCUT2D eigenvalue weighted by Crippen LogP contribution is 2.60. The molecule has 2 aliphatic rings. The van der Waals surface area contributed by atoms with Crippen molar-refractivity contribution in [1.29, 1.82) is 0 Å². The van der Waals surface area contributed by atoms with Gasteiger partial charge in [-0.1, -0.05) is 141 Å². The number of rotatable bonds is 3. The van der Waals surface area contributed by atoms with E-state index in [1.807, 2.05) is 0 Å². The van der Waals surface area contributed by atoms with E-state index in [2.05, 4.69) is 158 Å². The maximum absolute atomic E-state index is 2.69. The van der Waals surface area contributed by atoms with E-state index in [0.29, 0.717) is 0 Å². The van der Waals surface area contributed by atoms with Gasteiger partial charge in [0.25, 0.3) is 0 Å². The topological polar surface area (TPSA) is 3.24 Å². The smallest absolute Gasteiger partial charge is 0.0517 e. The van der Waals surface area contributed by atoms with Gasteiger partial charge in [-0.2, -0.15) is 0 Å². The van der Waals surface area contributed by atoms with Crippen LogP contribution in [-0.2, 0) is 5.41 Å². The summed E-state index contributed by atoms with van der Waals surface area (Å²) in [5.74, 6) is 0. The average Bonchev–Trinajstić information content (AvgIpc) is 3.17. The average molecular weight is 594 g/mol. The minimum absolute atomic E-state index is 0.0220. The molecule has 1 nitrogen and oxygen atoms in total. The summed E-state index contributed by atoms with van der Waals surface area (Å²) in [6, 6.07) is 52.2. The Balaban J connectivity index is 1.34. The summed E-state index contributed by atoms with van der Waals surface area (Å²) in [6.07, 6.45) is 6.29. The number of fused-ring (bicyclic) bond motifs is 6. The van der Waals surface area contributed by atoms with Gasteiger partial charge in [0.2, 0.25) is 0 Å². The van der Waals surface area contributed by atoms with Crippen molar-refractivity contribution in [2.24, 2.45) is 0 Å². The Bertz CT molecular complexity index is 2220. The normalized spacial score (nSPS) is 21.0. The molecule has 0 saturated heterocycles. The van der Waals surface area contributed by atoms with Crippen LogP contribution in [0.2, 0.25) is 0 Å². The van der Waals surface area contributed by atoms with Crippen LogP contribution in [0.1, 0.15) is 51.5 Å². The second-order valence-corrected chi connectivity index (χ2v) is 13.9. The summed E-state index contributed by atoms with van der Waals surface area (Å²) < 4.78 is 0. The van der Waals surface area contributed by atoms with Crippen molar-refractivity contribution >= 4 is 43.7 Å². The standard InChI is InChI=1S/C45H39N/c1-44-28-13-4-14-29-45(44,2)46(33-18-5-3-6-19-33)41-27-26-32(30-40(41)44)42-36-21-9-11-23-38(36)43(39-24-12-10-22-37(39)42)35-25-15-17-31-16-7-8-20-34(31)35/h3,5-12,15-27,30H,4,13-14,28-29H2,1-2H3. The van der Waals surface area contributed by atoms with E-state index in [4.69, 9.17) is 0 Å². The number of anilines is 2. The zero-order chi connectivity index (χ0) is 30.9. The van der Waals surface area contributed by atoms with Gasteiger partial charge >= 0.3 is 0 Å². The first-order chi connectivity index (χ1) is 22.6. The predicted molar refractivity (Wildman–Crippen MR) is 197 cm³/mol. The van der Waals surface area contributed by atoms with Crippen LogP contribution < -0.4 is 4.90 Å². The quantitative estimate of drug-likeness (QED) is 0.184. The van der Waals surface area contributed by atoms with Crippen LogP contribution in [0, 0.1) is 0 Å². The maximum atomic E-state index is 2.69. The lowest BCUT2D eigenvalue weighted by atomic mass is 9.66. The summed E-state index contributed by atoms with van der Waals surface area (Å²) in [5, 5.41) is 7.83. The largest absolute Gasteiger partial charge is 0.334 e. The zero-order valence-corrected chi connectivity index (χ0v) is 26.8. The molecule has 9 rings (SSSR count). The molecule has 1 saturated carbocycles. The van der Waals surface area contributed by atoms with E-state index in [1.54, 1.807) is 0 Å². The number of nitrogens with zero attached hydrogens (tertiary/aromatic N) is 1. The van der Waals surface area contributed by atoms with Crippen LogP contribution in [0.25, 0.3) is 54.6 Å². The van der Waals surface area contributed by atoms with Crippen LogP contribution in [0.3, 0.4) is 0 Å². The Morgan fingerprint density at radius 3 is 1.80 bits per heavy atom. The lowest BCUT2D eigenvalue weighted by molar-refractivity contribution is 0.261. The molecule has 1 aliphatic carbocycles. The van der Waals surface area contributed by atoms with Crippen LogP contribution >= 0.6 is 0 Å². The van der Waals surface area contributed by atoms with E-state index in [1.165, 1.54) is 104 Å². The number of para-hydroxylation sites is 1. The third-order valence-corrected chi connectivity index (χ3v) is 11.6. The van der Waals surface area contributed by atoms with Gasteiger partial charge in [-0.15, -0.1) is 0 Å². The molecular weight excluding hydrogens is 555 g/mol. The fourth-order valence-corrected chi connectivity index (χ4v) is 9.22. The molecule has 0 N–H and O–H groups in total. The molecule has 1 fully saturated rings. The summed E-state index contributed by atoms with van der Waals surface area (Å²) in [6.45, 7) is 5.10. The van der Waals surface area contributed by atoms with Gasteiger partial charge in [-0.05, 0) is 104 Å². The highest BCUT2D eigenvalue weighted by molar-refractivity contribution is 6.23. The molecular formula is C45H39N. The summed E-state index contributed by atoms with van der Waals surface area (Å²) >= 11 is 0. The SMILES string of the molecule is CC12CCCCCC1(C)N(c1ccccc1)c1ccc(-c3c4ccccc4c(-c4cccc5ccccc45)c4ccccc34)cc12. The highest BCUT2D eigenvalue weighted by Gasteiger charge is 2.56. The van der Waals surface area contributed by atoms with Gasteiger partial charge in [0.1, 0.15) is 0 Å². The Hall–Kier alpha value is -4.88. The summed E-state index contributed by atoms with van der Waals surface area (Å²) in [5.41, 5.74) is 9.55. The molecule has 0 spiro atoms. The van der Waals surface area contributed by atoms with Crippen molar-refractivity contribution in [1.82, 2.24) is 0 Å². The minimum atomic E-state index is 0.0220. The Morgan fingerprint density at radius 2 is 1.09 bits per heavy atom. The van der Waals surface area contributed by atoms with Crippen molar-refractivity contribution < 1.29 is 0 Å². The molecule has 7 aromatic rings. The number of hydrogen-bond acceptors (Lipinski definition) is 1. The molecule has 0 aromatic heterocycles. The molecule has 1 heteroatoms. The fourth-order valence-electron chi connectivity index (χ4n) is 9.22. The van der Waals surface area contributed by atoms with Gasteiger partial charge in [0.05, 0.1) is 5.54 Å². The number of hydrogen-bond donors (Lipinski definition) is 0. The Morgan fingerprint density at radius 1 is 0.500 bits per heavy atom. The summed E-state index contributed by atoms with van der Waals surface area (Å²) in [4.78, 5) is 2.69. The lowest BCUT2D eigenvalue weighted by Crippen LogP contribution is -2.52. The number of benzene rings is 7. The van der Waals surface area contributed by atoms with Gasteiger partial charge in [-0.25, -0.2) is 0 Å². The minimum Gasteiger partial charge on any atom is -0.334 e. The lowest BCUT2D eigenvalue weighted by Gasteiger charge is -2.46. The van der Waals surface area contributed by atoms with E-state index in [0.717, 1.165) is 0 Å². The monoisotopic (exact) mass is 593 g/mol. The molecule has 1 aliphatic heterocycles. The van der Waals surface area contributed by atoms with Crippen LogP contribution in [0.5, 0.6) is 0 Å². The van der Waals surface area contributed by atoms with Crippen LogP contribution in [0.4, 0.5) is 11.4 Å². The van der Waals surface area contributed by atoms with E-state index >= 15 is 0 Å². The Labute approximate surface area is 272 Å². The van der Waals surface area contributed by atoms with E-state index in [-0.39, 0.29) is 11.0 Å². The molecule has 2 unspecified atom stereocenters. The van der Waals surface area contributed by atoms with Crippen molar-refractivity contribution in [2.45, 2.75) is 56.9 Å². The second kappa shape index (κ2) is 10.3. The van der Waals surface area contributed by atoms with Crippen molar-refractivity contribution in [3.8, 4) is 22.3 Å². The van der Waals surface area contributed by atoms with Crippen molar-refractivity contribution in [3.63, 3.8) is 0 Å². The third kappa shape index (κ3) is 3.81. The van der Waals surface area contributed by atoms with Gasteiger partial charge in [-0.3, -0.25) is 0 Å². The molecule has 224 valence electrons. The van der Waals surface area contributed by atoms with Gasteiger partial charge < -0.3 is 4.90 Å². The molecule has 0 amide bonds. The van der Waals surface area contributed by atoms with Gasteiger partial charge in [0, 0.05) is 16.8 Å². The first-order valence-electron chi connectivity index (χ1n) is 17.0. The van der Waals surface area contributed by atoms with Gasteiger partial charge in [0.15, 0.2) is 0 Å². The van der Waals surface area contributed by atoms with Crippen molar-refractivity contribution in [2.75, 3.05) is 4.90 Å². The first kappa shape index (κ1) is 27.4. The predicted octanol–water partition coefficient (Wildman–Crippen LogP) is 12.6. The first-order valence-corrected chi connectivity index (χ1v) is 17.0. The molecule has 1 heterocycles. The molecule has 0 bridgehead atoms. The van der Waals surface area contributed by atoms with Crippen LogP contribution in [0.15, 0.2) is 140 Å². The molecule has 0 radical (unpaired) electrons. The Kier molecular flexibility index (Phi) is 6.16. The van der Waals surface area contributed by atoms with Crippen LogP contribution in [-0.4, -0.2) is 5.54 Å². The maximum Gasteiger partial charge on any atom is 0.0517 e. The summed E-state index contributed by atoms with van der Waals surface area (Å²) in [7, 11) is 0. The fraction of sp³-hybridized carbons (Fsp3) is 0.200. The van der Waals surface area contributed by atoms with Crippen molar-refractivity contribution in [3.05, 3.63) is 145 Å². The molecule has 46 heavy (non-hydrogen) atoms. The zero-order valence-electron chi connectivity index (χ0n) is 26.8. The highest BCUT2D eigenvalue weighted by atomic mass is 15.2. The second-order valence-electron chi connectivity index (χ2n) is 13.9. The van der Waals surface area contributed by atoms with E-state index in [9.17, 15) is 0 Å². The third-order valence-electron chi connectivity index (χ3n) is 11.6. The molecule has 2 atom stereocenters.